The van der Waals surface area contributed by atoms with Gasteiger partial charge in [-0.15, -0.1) is 0 Å². The molecule has 0 N–H and O–H groups in total. The van der Waals surface area contributed by atoms with Gasteiger partial charge in [0.1, 0.15) is 24.7 Å². The normalized spacial score (nSPS) is 17.5. The fraction of sp³-hybridized carbons (Fsp3) is 0.261. The number of benzene rings is 2. The van der Waals surface area contributed by atoms with Crippen molar-refractivity contribution in [3.8, 4) is 5.75 Å². The summed E-state index contributed by atoms with van der Waals surface area (Å²) in [6, 6.07) is 11.3. The molecule has 2 aliphatic rings. The monoisotopic (exact) mass is 518 g/mol. The predicted molar refractivity (Wildman–Crippen MR) is 123 cm³/mol. The van der Waals surface area contributed by atoms with Crippen LogP contribution < -0.4 is 4.74 Å². The van der Waals surface area contributed by atoms with Gasteiger partial charge in [-0.05, 0) is 66.6 Å². The van der Waals surface area contributed by atoms with Crippen LogP contribution in [0.15, 0.2) is 51.8 Å². The SMILES string of the molecule is O=C(CN1C(=O)S/C(=C\c2cc(Br)ccc2OCc2ccc(F)cc2)C1=O)N1CCCC1. The lowest BCUT2D eigenvalue weighted by atomic mass is 10.1. The number of carbonyl (C=O) groups is 3. The smallest absolute Gasteiger partial charge is 0.294 e. The molecule has 4 rings (SSSR count). The molecule has 166 valence electrons. The Morgan fingerprint density at radius 3 is 2.56 bits per heavy atom. The van der Waals surface area contributed by atoms with Crippen LogP contribution >= 0.6 is 27.7 Å². The summed E-state index contributed by atoms with van der Waals surface area (Å²) in [5, 5.41) is -0.461. The molecule has 0 spiro atoms. The first-order valence-corrected chi connectivity index (χ1v) is 11.7. The number of thioether (sulfide) groups is 1. The van der Waals surface area contributed by atoms with E-state index in [9.17, 15) is 18.8 Å². The molecule has 2 heterocycles. The van der Waals surface area contributed by atoms with Crippen LogP contribution in [-0.4, -0.2) is 46.5 Å². The number of rotatable bonds is 6. The van der Waals surface area contributed by atoms with Crippen LogP contribution in [0, 0.1) is 5.82 Å². The number of halogens is 2. The van der Waals surface area contributed by atoms with E-state index in [1.165, 1.54) is 12.1 Å². The summed E-state index contributed by atoms with van der Waals surface area (Å²) < 4.78 is 19.8. The third kappa shape index (κ3) is 5.21. The summed E-state index contributed by atoms with van der Waals surface area (Å²) in [7, 11) is 0. The first-order chi connectivity index (χ1) is 15.4. The zero-order valence-corrected chi connectivity index (χ0v) is 19.5. The molecule has 0 radical (unpaired) electrons. The molecule has 0 aliphatic carbocycles. The number of hydrogen-bond acceptors (Lipinski definition) is 5. The molecule has 3 amide bonds. The van der Waals surface area contributed by atoms with Crippen molar-refractivity contribution in [2.24, 2.45) is 0 Å². The summed E-state index contributed by atoms with van der Waals surface area (Å²) in [5.74, 6) is -0.511. The van der Waals surface area contributed by atoms with Crippen molar-refractivity contribution >= 4 is 50.8 Å². The van der Waals surface area contributed by atoms with E-state index in [2.05, 4.69) is 15.9 Å². The molecule has 0 aromatic heterocycles. The minimum Gasteiger partial charge on any atom is -0.488 e. The minimum absolute atomic E-state index is 0.211. The molecule has 0 saturated carbocycles. The highest BCUT2D eigenvalue weighted by Crippen LogP contribution is 2.35. The average Bonchev–Trinajstić information content (AvgIpc) is 3.39. The molecular weight excluding hydrogens is 499 g/mol. The van der Waals surface area contributed by atoms with E-state index in [1.807, 2.05) is 0 Å². The molecule has 2 aromatic rings. The van der Waals surface area contributed by atoms with Crippen molar-refractivity contribution < 1.29 is 23.5 Å². The zero-order valence-electron chi connectivity index (χ0n) is 17.1. The third-order valence-electron chi connectivity index (χ3n) is 5.19. The fourth-order valence-corrected chi connectivity index (χ4v) is 4.69. The number of ether oxygens (including phenoxy) is 1. The van der Waals surface area contributed by atoms with Crippen LogP contribution in [-0.2, 0) is 16.2 Å². The Morgan fingerprint density at radius 1 is 1.12 bits per heavy atom. The van der Waals surface area contributed by atoms with Crippen molar-refractivity contribution in [3.63, 3.8) is 0 Å². The highest BCUT2D eigenvalue weighted by molar-refractivity contribution is 9.10. The van der Waals surface area contributed by atoms with Crippen molar-refractivity contribution in [3.05, 3.63) is 68.8 Å². The zero-order chi connectivity index (χ0) is 22.7. The fourth-order valence-electron chi connectivity index (χ4n) is 3.48. The van der Waals surface area contributed by atoms with E-state index >= 15 is 0 Å². The minimum atomic E-state index is -0.489. The average molecular weight is 519 g/mol. The first-order valence-electron chi connectivity index (χ1n) is 10.1. The number of imide groups is 1. The molecule has 9 heteroatoms. The van der Waals surface area contributed by atoms with E-state index in [4.69, 9.17) is 4.74 Å². The van der Waals surface area contributed by atoms with Gasteiger partial charge in [0.05, 0.1) is 4.91 Å². The second-order valence-corrected chi connectivity index (χ2v) is 9.36. The number of hydrogen-bond donors (Lipinski definition) is 0. The van der Waals surface area contributed by atoms with Gasteiger partial charge in [0, 0.05) is 23.1 Å². The molecule has 2 aromatic carbocycles. The van der Waals surface area contributed by atoms with E-state index < -0.39 is 11.1 Å². The van der Waals surface area contributed by atoms with Crippen LogP contribution in [0.2, 0.25) is 0 Å². The van der Waals surface area contributed by atoms with Gasteiger partial charge >= 0.3 is 0 Å². The van der Waals surface area contributed by atoms with Crippen LogP contribution in [0.25, 0.3) is 6.08 Å². The molecule has 2 fully saturated rings. The molecule has 0 atom stereocenters. The Bertz CT molecular complexity index is 1080. The third-order valence-corrected chi connectivity index (χ3v) is 6.59. The summed E-state index contributed by atoms with van der Waals surface area (Å²) >= 11 is 4.22. The van der Waals surface area contributed by atoms with Gasteiger partial charge in [-0.2, -0.15) is 0 Å². The van der Waals surface area contributed by atoms with Gasteiger partial charge in [0.2, 0.25) is 5.91 Å². The lowest BCUT2D eigenvalue weighted by Gasteiger charge is -2.18. The maximum absolute atomic E-state index is 13.1. The molecular formula is C23H20BrFN2O4S. The van der Waals surface area contributed by atoms with Crippen molar-refractivity contribution in [1.82, 2.24) is 9.80 Å². The van der Waals surface area contributed by atoms with Crippen molar-refractivity contribution in [2.45, 2.75) is 19.4 Å². The number of carbonyl (C=O) groups excluding carboxylic acids is 3. The van der Waals surface area contributed by atoms with E-state index in [0.717, 1.165) is 39.5 Å². The Balaban J connectivity index is 1.50. The number of nitrogens with zero attached hydrogens (tertiary/aromatic N) is 2. The predicted octanol–water partition coefficient (Wildman–Crippen LogP) is 4.83. The molecule has 2 saturated heterocycles. The maximum atomic E-state index is 13.1. The molecule has 32 heavy (non-hydrogen) atoms. The summed E-state index contributed by atoms with van der Waals surface area (Å²) in [5.41, 5.74) is 1.40. The van der Waals surface area contributed by atoms with E-state index in [1.54, 1.807) is 41.3 Å². The highest BCUT2D eigenvalue weighted by Gasteiger charge is 2.37. The van der Waals surface area contributed by atoms with Gasteiger partial charge in [-0.3, -0.25) is 19.3 Å². The Kier molecular flexibility index (Phi) is 6.95. The van der Waals surface area contributed by atoms with Crippen LogP contribution in [0.4, 0.5) is 9.18 Å². The van der Waals surface area contributed by atoms with Crippen LogP contribution in [0.1, 0.15) is 24.0 Å². The lowest BCUT2D eigenvalue weighted by molar-refractivity contribution is -0.135. The Morgan fingerprint density at radius 2 is 1.84 bits per heavy atom. The van der Waals surface area contributed by atoms with Crippen LogP contribution in [0.3, 0.4) is 0 Å². The number of likely N-dealkylation sites (tertiary alicyclic amines) is 1. The van der Waals surface area contributed by atoms with E-state index in [0.29, 0.717) is 24.4 Å². The molecule has 2 aliphatic heterocycles. The topological polar surface area (TPSA) is 66.9 Å². The largest absolute Gasteiger partial charge is 0.488 e. The summed E-state index contributed by atoms with van der Waals surface area (Å²) in [6.45, 7) is 1.30. The van der Waals surface area contributed by atoms with Gasteiger partial charge in [-0.1, -0.05) is 28.1 Å². The summed E-state index contributed by atoms with van der Waals surface area (Å²) in [6.07, 6.45) is 3.48. The molecule has 0 unspecified atom stereocenters. The highest BCUT2D eigenvalue weighted by atomic mass is 79.9. The second kappa shape index (κ2) is 9.87. The van der Waals surface area contributed by atoms with Crippen molar-refractivity contribution in [1.29, 1.82) is 0 Å². The maximum Gasteiger partial charge on any atom is 0.294 e. The standard InChI is InChI=1S/C23H20BrFN2O4S/c24-17-5-8-19(31-14-15-3-6-18(25)7-4-15)16(11-17)12-20-22(29)27(23(30)32-20)13-21(28)26-9-1-2-10-26/h3-8,11-12H,1-2,9-10,13-14H2/b20-12-. The quantitative estimate of drug-likeness (QED) is 0.512. The first kappa shape index (κ1) is 22.5. The van der Waals surface area contributed by atoms with Gasteiger partial charge in [-0.25, -0.2) is 4.39 Å². The van der Waals surface area contributed by atoms with Gasteiger partial charge in [0.15, 0.2) is 0 Å². The molecule has 0 bridgehead atoms. The number of amides is 3. The molecule has 6 nitrogen and oxygen atoms in total. The Labute approximate surface area is 197 Å². The van der Waals surface area contributed by atoms with E-state index in [-0.39, 0.29) is 29.8 Å². The summed E-state index contributed by atoms with van der Waals surface area (Å²) in [4.78, 5) is 40.6. The van der Waals surface area contributed by atoms with Gasteiger partial charge in [0.25, 0.3) is 11.1 Å². The second-order valence-electron chi connectivity index (χ2n) is 7.45. The van der Waals surface area contributed by atoms with Crippen LogP contribution in [0.5, 0.6) is 5.75 Å². The Hall–Kier alpha value is -2.65. The van der Waals surface area contributed by atoms with Crippen molar-refractivity contribution in [2.75, 3.05) is 19.6 Å². The van der Waals surface area contributed by atoms with Gasteiger partial charge < -0.3 is 9.64 Å². The lowest BCUT2D eigenvalue weighted by Crippen LogP contribution is -2.40.